The van der Waals surface area contributed by atoms with E-state index in [2.05, 4.69) is 10.3 Å². The van der Waals surface area contributed by atoms with Crippen LogP contribution in [0, 0.1) is 0 Å². The zero-order chi connectivity index (χ0) is 17.5. The van der Waals surface area contributed by atoms with E-state index >= 15 is 0 Å². The Labute approximate surface area is 142 Å². The van der Waals surface area contributed by atoms with Gasteiger partial charge in [-0.25, -0.2) is 4.98 Å². The second-order valence-corrected chi connectivity index (χ2v) is 5.63. The van der Waals surface area contributed by atoms with Crippen LogP contribution in [0.2, 0.25) is 0 Å². The van der Waals surface area contributed by atoms with E-state index in [0.29, 0.717) is 17.9 Å². The fourth-order valence-electron chi connectivity index (χ4n) is 2.09. The van der Waals surface area contributed by atoms with Gasteiger partial charge in [0.05, 0.1) is 18.0 Å². The zero-order valence-corrected chi connectivity index (χ0v) is 14.2. The van der Waals surface area contributed by atoms with Crippen molar-refractivity contribution in [3.05, 3.63) is 48.2 Å². The number of aliphatic hydroxyl groups excluding tert-OH is 1. The van der Waals surface area contributed by atoms with Gasteiger partial charge in [-0.2, -0.15) is 0 Å². The molecule has 128 valence electrons. The van der Waals surface area contributed by atoms with E-state index in [0.717, 1.165) is 11.4 Å². The van der Waals surface area contributed by atoms with Crippen molar-refractivity contribution in [3.8, 4) is 5.75 Å². The molecule has 0 aliphatic heterocycles. The number of hydrogen-bond acceptors (Lipinski definition) is 5. The number of rotatable bonds is 7. The smallest absolute Gasteiger partial charge is 0.262 e. The number of nitrogens with zero attached hydrogens (tertiary/aromatic N) is 2. The maximum absolute atomic E-state index is 11.9. The van der Waals surface area contributed by atoms with E-state index in [-0.39, 0.29) is 12.5 Å². The van der Waals surface area contributed by atoms with Crippen LogP contribution in [0.1, 0.15) is 25.0 Å². The average Bonchev–Trinajstić information content (AvgIpc) is 2.60. The summed E-state index contributed by atoms with van der Waals surface area (Å²) < 4.78 is 5.45. The first-order valence-corrected chi connectivity index (χ1v) is 7.83. The number of carbonyl (C=O) groups excluding carboxylic acids is 1. The average molecular weight is 329 g/mol. The molecular weight excluding hydrogens is 306 g/mol. The Bertz CT molecular complexity index is 654. The van der Waals surface area contributed by atoms with Crippen molar-refractivity contribution < 1.29 is 14.6 Å². The van der Waals surface area contributed by atoms with Crippen LogP contribution < -0.4 is 15.0 Å². The molecule has 2 aromatic rings. The van der Waals surface area contributed by atoms with Crippen molar-refractivity contribution in [2.24, 2.45) is 0 Å². The zero-order valence-electron chi connectivity index (χ0n) is 14.2. The number of ether oxygens (including phenoxy) is 1. The third-order valence-electron chi connectivity index (χ3n) is 3.51. The number of carbonyl (C=O) groups is 1. The molecule has 0 saturated heterocycles. The normalized spacial score (nSPS) is 11.7. The summed E-state index contributed by atoms with van der Waals surface area (Å²) in [7, 11) is 3.80. The Morgan fingerprint density at radius 3 is 2.50 bits per heavy atom. The minimum absolute atomic E-state index is 0.0922. The fourth-order valence-corrected chi connectivity index (χ4v) is 2.09. The van der Waals surface area contributed by atoms with Crippen molar-refractivity contribution in [1.82, 2.24) is 4.98 Å². The molecule has 0 radical (unpaired) electrons. The molecule has 6 nitrogen and oxygen atoms in total. The van der Waals surface area contributed by atoms with Crippen LogP contribution in [-0.4, -0.2) is 36.7 Å². The van der Waals surface area contributed by atoms with Crippen LogP contribution in [0.3, 0.4) is 0 Å². The summed E-state index contributed by atoms with van der Waals surface area (Å²) in [4.78, 5) is 18.0. The lowest BCUT2D eigenvalue weighted by Crippen LogP contribution is -2.20. The predicted molar refractivity (Wildman–Crippen MR) is 94.4 cm³/mol. The van der Waals surface area contributed by atoms with Gasteiger partial charge in [0, 0.05) is 14.1 Å². The molecule has 1 aromatic heterocycles. The van der Waals surface area contributed by atoms with Crippen molar-refractivity contribution in [3.63, 3.8) is 0 Å². The van der Waals surface area contributed by atoms with Gasteiger partial charge in [0.15, 0.2) is 6.61 Å². The third-order valence-corrected chi connectivity index (χ3v) is 3.51. The second-order valence-electron chi connectivity index (χ2n) is 5.63. The van der Waals surface area contributed by atoms with Gasteiger partial charge in [-0.3, -0.25) is 4.79 Å². The number of anilines is 2. The molecule has 2 rings (SSSR count). The molecule has 2 N–H and O–H groups in total. The van der Waals surface area contributed by atoms with Gasteiger partial charge in [0.25, 0.3) is 5.91 Å². The van der Waals surface area contributed by atoms with E-state index in [4.69, 9.17) is 4.74 Å². The van der Waals surface area contributed by atoms with Crippen LogP contribution in [-0.2, 0) is 4.79 Å². The van der Waals surface area contributed by atoms with Crippen LogP contribution in [0.4, 0.5) is 11.5 Å². The van der Waals surface area contributed by atoms with Gasteiger partial charge in [0.1, 0.15) is 11.6 Å². The summed E-state index contributed by atoms with van der Waals surface area (Å²) in [5.41, 5.74) is 1.46. The highest BCUT2D eigenvalue weighted by Crippen LogP contribution is 2.19. The molecule has 1 atom stereocenters. The number of amides is 1. The predicted octanol–water partition coefficient (Wildman–Crippen LogP) is 2.61. The van der Waals surface area contributed by atoms with Crippen molar-refractivity contribution >= 4 is 17.4 Å². The van der Waals surface area contributed by atoms with E-state index < -0.39 is 6.10 Å². The summed E-state index contributed by atoms with van der Waals surface area (Å²) in [5.74, 6) is 1.14. The summed E-state index contributed by atoms with van der Waals surface area (Å²) in [6.45, 7) is 1.82. The molecule has 6 heteroatoms. The third kappa shape index (κ3) is 4.96. The van der Waals surface area contributed by atoms with E-state index in [1.807, 2.05) is 32.0 Å². The van der Waals surface area contributed by atoms with Gasteiger partial charge >= 0.3 is 0 Å². The first-order chi connectivity index (χ1) is 11.5. The Balaban J connectivity index is 1.84. The fraction of sp³-hybridized carbons (Fsp3) is 0.333. The maximum atomic E-state index is 11.9. The summed E-state index contributed by atoms with van der Waals surface area (Å²) in [6, 6.07) is 10.7. The quantitative estimate of drug-likeness (QED) is 0.817. The largest absolute Gasteiger partial charge is 0.484 e. The van der Waals surface area contributed by atoms with Gasteiger partial charge in [-0.05, 0) is 36.2 Å². The molecule has 0 aliphatic rings. The summed E-state index contributed by atoms with van der Waals surface area (Å²) in [5, 5.41) is 12.5. The minimum atomic E-state index is -0.472. The Morgan fingerprint density at radius 1 is 1.25 bits per heavy atom. The van der Waals surface area contributed by atoms with Gasteiger partial charge in [0.2, 0.25) is 0 Å². The highest BCUT2D eigenvalue weighted by Gasteiger charge is 2.07. The summed E-state index contributed by atoms with van der Waals surface area (Å²) in [6.07, 6.45) is 1.79. The standard InChI is InChI=1S/C18H23N3O3/c1-4-16(22)13-5-8-15(9-6-13)24-12-18(23)20-14-7-10-17(19-11-14)21(2)3/h5-11,16,22H,4,12H2,1-3H3,(H,20,23)/t16-/m1/s1. The van der Waals surface area contributed by atoms with Gasteiger partial charge < -0.3 is 20.1 Å². The molecule has 1 amide bonds. The van der Waals surface area contributed by atoms with Crippen LogP contribution in [0.25, 0.3) is 0 Å². The number of hydrogen-bond donors (Lipinski definition) is 2. The van der Waals surface area contributed by atoms with Crippen molar-refractivity contribution in [2.75, 3.05) is 30.9 Å². The molecule has 0 saturated carbocycles. The summed E-state index contributed by atoms with van der Waals surface area (Å²) >= 11 is 0. The molecular formula is C18H23N3O3. The molecule has 0 bridgehead atoms. The van der Waals surface area contributed by atoms with E-state index in [9.17, 15) is 9.90 Å². The Hall–Kier alpha value is -2.60. The molecule has 24 heavy (non-hydrogen) atoms. The lowest BCUT2D eigenvalue weighted by molar-refractivity contribution is -0.118. The number of aliphatic hydroxyl groups is 1. The molecule has 0 aliphatic carbocycles. The van der Waals surface area contributed by atoms with Crippen LogP contribution >= 0.6 is 0 Å². The van der Waals surface area contributed by atoms with Crippen molar-refractivity contribution in [1.29, 1.82) is 0 Å². The number of nitrogens with one attached hydrogen (secondary N) is 1. The number of benzene rings is 1. The highest BCUT2D eigenvalue weighted by atomic mass is 16.5. The van der Waals surface area contributed by atoms with E-state index in [1.165, 1.54) is 0 Å². The molecule has 0 unspecified atom stereocenters. The second kappa shape index (κ2) is 8.31. The van der Waals surface area contributed by atoms with Crippen molar-refractivity contribution in [2.45, 2.75) is 19.4 Å². The first kappa shape index (κ1) is 17.7. The van der Waals surface area contributed by atoms with Crippen LogP contribution in [0.15, 0.2) is 42.6 Å². The number of aromatic nitrogens is 1. The lowest BCUT2D eigenvalue weighted by atomic mass is 10.1. The SMILES string of the molecule is CC[C@@H](O)c1ccc(OCC(=O)Nc2ccc(N(C)C)nc2)cc1. The van der Waals surface area contributed by atoms with Gasteiger partial charge in [-0.15, -0.1) is 0 Å². The molecule has 1 aromatic carbocycles. The molecule has 1 heterocycles. The molecule has 0 fully saturated rings. The molecule has 0 spiro atoms. The minimum Gasteiger partial charge on any atom is -0.484 e. The number of pyridine rings is 1. The lowest BCUT2D eigenvalue weighted by Gasteiger charge is -2.12. The maximum Gasteiger partial charge on any atom is 0.262 e. The topological polar surface area (TPSA) is 74.7 Å². The first-order valence-electron chi connectivity index (χ1n) is 7.83. The highest BCUT2D eigenvalue weighted by molar-refractivity contribution is 5.91. The Morgan fingerprint density at radius 2 is 1.96 bits per heavy atom. The van der Waals surface area contributed by atoms with E-state index in [1.54, 1.807) is 36.5 Å². The Kier molecular flexibility index (Phi) is 6.14. The van der Waals surface area contributed by atoms with Crippen LogP contribution in [0.5, 0.6) is 5.75 Å². The monoisotopic (exact) mass is 329 g/mol. The van der Waals surface area contributed by atoms with Gasteiger partial charge in [-0.1, -0.05) is 19.1 Å².